The number of hydrogen-bond donors (Lipinski definition) is 1. The molecule has 2 rings (SSSR count). The first-order chi connectivity index (χ1) is 9.79. The molecule has 0 saturated carbocycles. The van der Waals surface area contributed by atoms with Crippen LogP contribution in [0.1, 0.15) is 11.1 Å². The van der Waals surface area contributed by atoms with E-state index in [1.807, 2.05) is 54.7 Å². The molecule has 2 aromatic carbocycles. The zero-order valence-electron chi connectivity index (χ0n) is 11.4. The molecule has 2 aromatic rings. The fourth-order valence-electron chi connectivity index (χ4n) is 1.73. The lowest BCUT2D eigenvalue weighted by Gasteiger charge is -2.19. The van der Waals surface area contributed by atoms with Gasteiger partial charge in [0.05, 0.1) is 12.8 Å². The van der Waals surface area contributed by atoms with Crippen molar-refractivity contribution in [3.8, 4) is 0 Å². The first kappa shape index (κ1) is 14.2. The Morgan fingerprint density at radius 3 is 2.30 bits per heavy atom. The molecule has 0 atom stereocenters. The maximum absolute atomic E-state index is 5.29. The Morgan fingerprint density at radius 2 is 1.70 bits per heavy atom. The van der Waals surface area contributed by atoms with Crippen LogP contribution >= 0.6 is 12.2 Å². The first-order valence-electron chi connectivity index (χ1n) is 6.42. The van der Waals surface area contributed by atoms with Crippen LogP contribution in [0.2, 0.25) is 0 Å². The van der Waals surface area contributed by atoms with E-state index >= 15 is 0 Å². The Morgan fingerprint density at radius 1 is 1.10 bits per heavy atom. The Hall–Kier alpha value is -2.20. The summed E-state index contributed by atoms with van der Waals surface area (Å²) in [5.74, 6) is 0. The normalized spacial score (nSPS) is 10.4. The van der Waals surface area contributed by atoms with E-state index in [4.69, 9.17) is 12.2 Å². The minimum atomic E-state index is 0.598. The van der Waals surface area contributed by atoms with Crippen LogP contribution in [0.3, 0.4) is 0 Å². The van der Waals surface area contributed by atoms with Gasteiger partial charge in [0, 0.05) is 7.05 Å². The second-order valence-corrected chi connectivity index (χ2v) is 4.64. The van der Waals surface area contributed by atoms with E-state index in [2.05, 4.69) is 22.6 Å². The zero-order valence-corrected chi connectivity index (χ0v) is 12.2. The molecule has 0 unspecified atom stereocenters. The summed E-state index contributed by atoms with van der Waals surface area (Å²) in [5.41, 5.74) is 2.21. The smallest absolute Gasteiger partial charge is 0.189 e. The highest BCUT2D eigenvalue weighted by Gasteiger charge is 2.06. The first-order valence-corrected chi connectivity index (χ1v) is 6.82. The summed E-state index contributed by atoms with van der Waals surface area (Å²) in [7, 11) is 1.80. The second-order valence-electron chi connectivity index (χ2n) is 4.25. The van der Waals surface area contributed by atoms with Gasteiger partial charge in [-0.1, -0.05) is 60.7 Å². The Bertz CT molecular complexity index is 567. The highest BCUT2D eigenvalue weighted by molar-refractivity contribution is 7.80. The average Bonchev–Trinajstić information content (AvgIpc) is 2.52. The SMILES string of the molecule is CNC(=S)N(Cc1ccccc1)N=Cc1ccccc1. The molecule has 0 aliphatic heterocycles. The van der Waals surface area contributed by atoms with E-state index in [0.717, 1.165) is 11.1 Å². The molecule has 4 heteroatoms. The summed E-state index contributed by atoms with van der Waals surface area (Å²) in [6.07, 6.45) is 1.81. The van der Waals surface area contributed by atoms with Gasteiger partial charge in [-0.25, -0.2) is 5.01 Å². The lowest BCUT2D eigenvalue weighted by molar-refractivity contribution is 0.437. The molecular weight excluding hydrogens is 266 g/mol. The number of benzene rings is 2. The second kappa shape index (κ2) is 7.40. The van der Waals surface area contributed by atoms with Gasteiger partial charge in [-0.2, -0.15) is 5.10 Å². The van der Waals surface area contributed by atoms with E-state index in [0.29, 0.717) is 11.7 Å². The molecule has 0 bridgehead atoms. The molecule has 1 N–H and O–H groups in total. The minimum absolute atomic E-state index is 0.598. The molecule has 0 aliphatic rings. The monoisotopic (exact) mass is 283 g/mol. The van der Waals surface area contributed by atoms with Gasteiger partial charge >= 0.3 is 0 Å². The number of rotatable bonds is 4. The molecule has 0 aromatic heterocycles. The maximum atomic E-state index is 5.29. The van der Waals surface area contributed by atoms with Crippen LogP contribution in [0.5, 0.6) is 0 Å². The van der Waals surface area contributed by atoms with E-state index in [9.17, 15) is 0 Å². The van der Waals surface area contributed by atoms with E-state index in [1.165, 1.54) is 0 Å². The van der Waals surface area contributed by atoms with Gasteiger partial charge in [0.1, 0.15) is 0 Å². The van der Waals surface area contributed by atoms with Crippen LogP contribution in [0.15, 0.2) is 65.8 Å². The van der Waals surface area contributed by atoms with Crippen molar-refractivity contribution in [1.82, 2.24) is 10.3 Å². The highest BCUT2D eigenvalue weighted by Crippen LogP contribution is 2.06. The molecule has 20 heavy (non-hydrogen) atoms. The summed E-state index contributed by atoms with van der Waals surface area (Å²) in [4.78, 5) is 0. The lowest BCUT2D eigenvalue weighted by atomic mass is 10.2. The van der Waals surface area contributed by atoms with Crippen molar-refractivity contribution in [1.29, 1.82) is 0 Å². The maximum Gasteiger partial charge on any atom is 0.189 e. The number of nitrogens with one attached hydrogen (secondary N) is 1. The van der Waals surface area contributed by atoms with Crippen LogP contribution < -0.4 is 5.32 Å². The molecule has 102 valence electrons. The summed E-state index contributed by atoms with van der Waals surface area (Å²) >= 11 is 5.29. The van der Waals surface area contributed by atoms with Crippen LogP contribution in [0.25, 0.3) is 0 Å². The molecule has 0 spiro atoms. The molecule has 0 amide bonds. The van der Waals surface area contributed by atoms with Crippen LogP contribution in [-0.2, 0) is 6.54 Å². The summed E-state index contributed by atoms with van der Waals surface area (Å²) < 4.78 is 0. The van der Waals surface area contributed by atoms with E-state index < -0.39 is 0 Å². The van der Waals surface area contributed by atoms with Gasteiger partial charge in [-0.05, 0) is 23.3 Å². The van der Waals surface area contributed by atoms with E-state index in [1.54, 1.807) is 12.1 Å². The van der Waals surface area contributed by atoms with Crippen molar-refractivity contribution >= 4 is 23.5 Å². The van der Waals surface area contributed by atoms with Gasteiger partial charge in [0.2, 0.25) is 0 Å². The summed E-state index contributed by atoms with van der Waals surface area (Å²) in [6, 6.07) is 20.1. The van der Waals surface area contributed by atoms with Gasteiger partial charge in [-0.15, -0.1) is 0 Å². The van der Waals surface area contributed by atoms with Crippen LogP contribution in [0, 0.1) is 0 Å². The number of nitrogens with zero attached hydrogens (tertiary/aromatic N) is 2. The van der Waals surface area contributed by atoms with Crippen molar-refractivity contribution in [2.45, 2.75) is 6.54 Å². The standard InChI is InChI=1S/C16H17N3S/c1-17-16(20)19(13-15-10-6-3-7-11-15)18-12-14-8-4-2-5-9-14/h2-12H,13H2,1H3,(H,17,20). The molecular formula is C16H17N3S. The van der Waals surface area contributed by atoms with Gasteiger partial charge < -0.3 is 5.32 Å². The number of thiocarbonyl (C=S) groups is 1. The Kier molecular flexibility index (Phi) is 5.26. The molecule has 0 radical (unpaired) electrons. The molecule has 0 aliphatic carbocycles. The topological polar surface area (TPSA) is 27.6 Å². The number of hydrazone groups is 1. The zero-order chi connectivity index (χ0) is 14.2. The van der Waals surface area contributed by atoms with Crippen molar-refractivity contribution in [2.75, 3.05) is 7.05 Å². The quantitative estimate of drug-likeness (QED) is 0.531. The fraction of sp³-hybridized carbons (Fsp3) is 0.125. The third-order valence-electron chi connectivity index (χ3n) is 2.77. The third kappa shape index (κ3) is 4.17. The van der Waals surface area contributed by atoms with Crippen molar-refractivity contribution in [3.63, 3.8) is 0 Å². The van der Waals surface area contributed by atoms with Gasteiger partial charge in [-0.3, -0.25) is 0 Å². The van der Waals surface area contributed by atoms with Crippen LogP contribution in [-0.4, -0.2) is 23.4 Å². The molecule has 0 saturated heterocycles. The third-order valence-corrected chi connectivity index (χ3v) is 3.18. The molecule has 0 heterocycles. The number of hydrogen-bond acceptors (Lipinski definition) is 2. The van der Waals surface area contributed by atoms with Crippen molar-refractivity contribution < 1.29 is 0 Å². The molecule has 3 nitrogen and oxygen atoms in total. The van der Waals surface area contributed by atoms with Crippen molar-refractivity contribution in [3.05, 3.63) is 71.8 Å². The Labute approximate surface area is 124 Å². The lowest BCUT2D eigenvalue weighted by Crippen LogP contribution is -2.33. The largest absolute Gasteiger partial charge is 0.364 e. The van der Waals surface area contributed by atoms with E-state index in [-0.39, 0.29) is 0 Å². The Balaban J connectivity index is 2.12. The fourth-order valence-corrected chi connectivity index (χ4v) is 1.84. The average molecular weight is 283 g/mol. The van der Waals surface area contributed by atoms with Crippen LogP contribution in [0.4, 0.5) is 0 Å². The van der Waals surface area contributed by atoms with Gasteiger partial charge in [0.25, 0.3) is 0 Å². The molecule has 0 fully saturated rings. The predicted molar refractivity (Wildman–Crippen MR) is 87.7 cm³/mol. The predicted octanol–water partition coefficient (Wildman–Crippen LogP) is 3.03. The van der Waals surface area contributed by atoms with Gasteiger partial charge in [0.15, 0.2) is 5.11 Å². The summed E-state index contributed by atoms with van der Waals surface area (Å²) in [5, 5.41) is 9.80. The minimum Gasteiger partial charge on any atom is -0.364 e. The highest BCUT2D eigenvalue weighted by atomic mass is 32.1. The van der Waals surface area contributed by atoms with Crippen molar-refractivity contribution in [2.24, 2.45) is 5.10 Å². The summed E-state index contributed by atoms with van der Waals surface area (Å²) in [6.45, 7) is 0.643.